The highest BCUT2D eigenvalue weighted by molar-refractivity contribution is 7.15. The van der Waals surface area contributed by atoms with Crippen molar-refractivity contribution in [1.82, 2.24) is 5.32 Å². The van der Waals surface area contributed by atoms with Crippen molar-refractivity contribution in [1.29, 1.82) is 0 Å². The Kier molecular flexibility index (Phi) is 5.90. The largest absolute Gasteiger partial charge is 0.481 e. The van der Waals surface area contributed by atoms with Gasteiger partial charge < -0.3 is 10.4 Å². The maximum absolute atomic E-state index is 12.6. The Balaban J connectivity index is 1.91. The monoisotopic (exact) mass is 371 g/mol. The van der Waals surface area contributed by atoms with Crippen LogP contribution in [0.25, 0.3) is 10.4 Å². The predicted octanol–water partition coefficient (Wildman–Crippen LogP) is 5.02. The van der Waals surface area contributed by atoms with Crippen molar-refractivity contribution in [3.05, 3.63) is 46.8 Å². The maximum Gasteiger partial charge on any atom is 0.416 e. The molecule has 0 amide bonds. The van der Waals surface area contributed by atoms with Crippen LogP contribution >= 0.6 is 11.3 Å². The molecule has 25 heavy (non-hydrogen) atoms. The minimum absolute atomic E-state index is 0.513. The number of alkyl halides is 3. The molecular weight excluding hydrogens is 351 g/mol. The van der Waals surface area contributed by atoms with Crippen molar-refractivity contribution in [2.24, 2.45) is 5.41 Å². The van der Waals surface area contributed by atoms with E-state index in [-0.39, 0.29) is 0 Å². The van der Waals surface area contributed by atoms with Gasteiger partial charge in [-0.15, -0.1) is 11.3 Å². The molecule has 0 saturated heterocycles. The van der Waals surface area contributed by atoms with Crippen LogP contribution in [0, 0.1) is 5.41 Å². The lowest BCUT2D eigenvalue weighted by Crippen LogP contribution is -2.28. The molecule has 1 heterocycles. The van der Waals surface area contributed by atoms with Crippen LogP contribution in [0.2, 0.25) is 0 Å². The van der Waals surface area contributed by atoms with E-state index in [0.29, 0.717) is 19.5 Å². The molecule has 0 aliphatic rings. The summed E-state index contributed by atoms with van der Waals surface area (Å²) in [5, 5.41) is 12.3. The first-order chi connectivity index (χ1) is 11.6. The van der Waals surface area contributed by atoms with E-state index >= 15 is 0 Å². The summed E-state index contributed by atoms with van der Waals surface area (Å²) in [7, 11) is 0. The summed E-state index contributed by atoms with van der Waals surface area (Å²) in [5.74, 6) is -0.824. The highest BCUT2D eigenvalue weighted by atomic mass is 32.1. The Hall–Kier alpha value is -1.86. The van der Waals surface area contributed by atoms with Gasteiger partial charge in [0.2, 0.25) is 0 Å². The normalized spacial score (nSPS) is 12.4. The van der Waals surface area contributed by atoms with Crippen LogP contribution in [-0.4, -0.2) is 17.6 Å². The molecule has 136 valence electrons. The van der Waals surface area contributed by atoms with Gasteiger partial charge in [0.05, 0.1) is 11.0 Å². The lowest BCUT2D eigenvalue weighted by molar-refractivity contribution is -0.147. The molecule has 0 saturated carbocycles. The quantitative estimate of drug-likeness (QED) is 0.672. The highest BCUT2D eigenvalue weighted by Crippen LogP contribution is 2.33. The van der Waals surface area contributed by atoms with Crippen molar-refractivity contribution in [2.75, 3.05) is 6.54 Å². The molecule has 2 aromatic rings. The second-order valence-corrected chi connectivity index (χ2v) is 7.63. The number of benzene rings is 1. The molecule has 0 spiro atoms. The first-order valence-corrected chi connectivity index (χ1v) is 8.62. The highest BCUT2D eigenvalue weighted by Gasteiger charge is 2.30. The number of halogens is 3. The fourth-order valence-corrected chi connectivity index (χ4v) is 3.15. The summed E-state index contributed by atoms with van der Waals surface area (Å²) >= 11 is 1.50. The molecule has 0 fully saturated rings. The molecule has 3 nitrogen and oxygen atoms in total. The van der Waals surface area contributed by atoms with E-state index in [4.69, 9.17) is 5.11 Å². The first-order valence-electron chi connectivity index (χ1n) is 7.80. The van der Waals surface area contributed by atoms with Crippen molar-refractivity contribution in [2.45, 2.75) is 33.0 Å². The number of hydrogen-bond donors (Lipinski definition) is 2. The number of carbonyl (C=O) groups is 1. The molecule has 0 bridgehead atoms. The summed E-state index contributed by atoms with van der Waals surface area (Å²) in [6.45, 7) is 4.55. The van der Waals surface area contributed by atoms with E-state index in [1.165, 1.54) is 23.5 Å². The van der Waals surface area contributed by atoms with E-state index in [1.807, 2.05) is 12.1 Å². The molecule has 0 unspecified atom stereocenters. The third-order valence-electron chi connectivity index (χ3n) is 3.96. The number of nitrogens with one attached hydrogen (secondary N) is 1. The summed E-state index contributed by atoms with van der Waals surface area (Å²) < 4.78 is 37.8. The zero-order chi connectivity index (χ0) is 18.7. The number of aliphatic carboxylic acids is 1. The molecule has 1 aromatic heterocycles. The van der Waals surface area contributed by atoms with E-state index in [9.17, 15) is 18.0 Å². The van der Waals surface area contributed by atoms with Gasteiger partial charge in [-0.3, -0.25) is 4.79 Å². The smallest absolute Gasteiger partial charge is 0.416 e. The topological polar surface area (TPSA) is 49.3 Å². The molecule has 2 N–H and O–H groups in total. The zero-order valence-electron chi connectivity index (χ0n) is 14.0. The van der Waals surface area contributed by atoms with Crippen molar-refractivity contribution < 1.29 is 23.1 Å². The number of rotatable bonds is 7. The van der Waals surface area contributed by atoms with Crippen LogP contribution in [0.1, 0.15) is 30.7 Å². The summed E-state index contributed by atoms with van der Waals surface area (Å²) in [6.07, 6.45) is -3.81. The molecule has 0 aliphatic carbocycles. The first kappa shape index (κ1) is 19.5. The Morgan fingerprint density at radius 3 is 2.32 bits per heavy atom. The van der Waals surface area contributed by atoms with Gasteiger partial charge in [0, 0.05) is 16.3 Å². The lowest BCUT2D eigenvalue weighted by Gasteiger charge is -2.18. The minimum atomic E-state index is -4.33. The minimum Gasteiger partial charge on any atom is -0.481 e. The number of thiophene rings is 1. The Morgan fingerprint density at radius 2 is 1.76 bits per heavy atom. The van der Waals surface area contributed by atoms with Gasteiger partial charge in [0.1, 0.15) is 0 Å². The van der Waals surface area contributed by atoms with Crippen molar-refractivity contribution >= 4 is 17.3 Å². The number of carboxylic acid groups (broad SMARTS) is 1. The van der Waals surface area contributed by atoms with E-state index in [1.54, 1.807) is 13.8 Å². The fraction of sp³-hybridized carbons (Fsp3) is 0.389. The maximum atomic E-state index is 12.6. The predicted molar refractivity (Wildman–Crippen MR) is 92.5 cm³/mol. The molecule has 0 radical (unpaired) electrons. The summed E-state index contributed by atoms with van der Waals surface area (Å²) in [4.78, 5) is 13.0. The SMILES string of the molecule is CC(C)(CCNCc1ccc(-c2ccc(C(F)(F)F)cc2)s1)C(=O)O. The summed E-state index contributed by atoms with van der Waals surface area (Å²) in [6, 6.07) is 8.92. The Morgan fingerprint density at radius 1 is 1.12 bits per heavy atom. The Bertz CT molecular complexity index is 721. The molecule has 0 aliphatic heterocycles. The fourth-order valence-electron chi connectivity index (χ4n) is 2.17. The Labute approximate surface area is 148 Å². The zero-order valence-corrected chi connectivity index (χ0v) is 14.8. The van der Waals surface area contributed by atoms with Crippen LogP contribution in [0.15, 0.2) is 36.4 Å². The third-order valence-corrected chi connectivity index (χ3v) is 5.10. The lowest BCUT2D eigenvalue weighted by atomic mass is 9.90. The number of hydrogen-bond acceptors (Lipinski definition) is 3. The van der Waals surface area contributed by atoms with E-state index in [0.717, 1.165) is 27.5 Å². The van der Waals surface area contributed by atoms with Gasteiger partial charge in [0.15, 0.2) is 0 Å². The van der Waals surface area contributed by atoms with Gasteiger partial charge in [-0.25, -0.2) is 0 Å². The van der Waals surface area contributed by atoms with Gasteiger partial charge >= 0.3 is 12.1 Å². The average molecular weight is 371 g/mol. The summed E-state index contributed by atoms with van der Waals surface area (Å²) in [5.41, 5.74) is -0.680. The standard InChI is InChI=1S/C18H20F3NO2S/c1-17(2,16(23)24)9-10-22-11-14-7-8-15(25-14)12-3-5-13(6-4-12)18(19,20)21/h3-8,22H,9-11H2,1-2H3,(H,23,24). The van der Waals surface area contributed by atoms with Crippen molar-refractivity contribution in [3.63, 3.8) is 0 Å². The van der Waals surface area contributed by atoms with E-state index in [2.05, 4.69) is 5.32 Å². The third kappa shape index (κ3) is 5.31. The molecule has 1 aromatic carbocycles. The van der Waals surface area contributed by atoms with Crippen LogP contribution in [0.5, 0.6) is 0 Å². The molecule has 7 heteroatoms. The average Bonchev–Trinajstić information content (AvgIpc) is 2.99. The molecule has 0 atom stereocenters. The second-order valence-electron chi connectivity index (χ2n) is 6.46. The van der Waals surface area contributed by atoms with Gasteiger partial charge in [0.25, 0.3) is 0 Å². The van der Waals surface area contributed by atoms with Gasteiger partial charge in [-0.1, -0.05) is 12.1 Å². The van der Waals surface area contributed by atoms with Crippen LogP contribution < -0.4 is 5.32 Å². The van der Waals surface area contributed by atoms with Gasteiger partial charge in [-0.05, 0) is 56.6 Å². The molecular formula is C18H20F3NO2S. The van der Waals surface area contributed by atoms with Crippen LogP contribution in [0.4, 0.5) is 13.2 Å². The van der Waals surface area contributed by atoms with Crippen LogP contribution in [-0.2, 0) is 17.5 Å². The van der Waals surface area contributed by atoms with Crippen molar-refractivity contribution in [3.8, 4) is 10.4 Å². The van der Waals surface area contributed by atoms with Gasteiger partial charge in [-0.2, -0.15) is 13.2 Å². The van der Waals surface area contributed by atoms with E-state index < -0.39 is 23.1 Å². The second kappa shape index (κ2) is 7.58. The molecule has 2 rings (SSSR count). The number of carboxylic acids is 1. The van der Waals surface area contributed by atoms with Crippen LogP contribution in [0.3, 0.4) is 0 Å².